The maximum atomic E-state index is 12.3. The van der Waals surface area contributed by atoms with Gasteiger partial charge in [0.1, 0.15) is 0 Å². The zero-order valence-electron chi connectivity index (χ0n) is 13.1. The molecule has 0 bridgehead atoms. The molecule has 1 fully saturated rings. The Hall–Kier alpha value is -1.60. The van der Waals surface area contributed by atoms with Gasteiger partial charge in [-0.05, 0) is 58.3 Å². The van der Waals surface area contributed by atoms with Crippen LogP contribution >= 0.6 is 27.3 Å². The van der Waals surface area contributed by atoms with Gasteiger partial charge in [-0.15, -0.1) is 11.3 Å². The highest BCUT2D eigenvalue weighted by molar-refractivity contribution is 9.10. The Labute approximate surface area is 152 Å². The standard InChI is InChI=1S/C17H19BrN2O3S/c18-14-8-7-12(23-14)17(22)19-10-15(21)20-16(11-4-1-2-5-11)13-6-3-9-24-13/h3,6-9,11,16H,1-2,4-5,10H2,(H,19,22)(H,20,21)/t16-/m1/s1. The molecule has 0 aliphatic heterocycles. The molecule has 24 heavy (non-hydrogen) atoms. The molecule has 2 aromatic rings. The molecule has 5 nitrogen and oxygen atoms in total. The lowest BCUT2D eigenvalue weighted by molar-refractivity contribution is -0.121. The second-order valence-electron chi connectivity index (χ2n) is 5.89. The molecule has 2 heterocycles. The van der Waals surface area contributed by atoms with E-state index in [0.717, 1.165) is 12.8 Å². The normalized spacial score (nSPS) is 16.0. The van der Waals surface area contributed by atoms with Crippen molar-refractivity contribution in [3.63, 3.8) is 0 Å². The second kappa shape index (κ2) is 7.98. The third-order valence-corrected chi connectivity index (χ3v) is 5.63. The van der Waals surface area contributed by atoms with Crippen LogP contribution in [0, 0.1) is 5.92 Å². The second-order valence-corrected chi connectivity index (χ2v) is 7.65. The van der Waals surface area contributed by atoms with Crippen molar-refractivity contribution in [2.24, 2.45) is 5.92 Å². The summed E-state index contributed by atoms with van der Waals surface area (Å²) >= 11 is 4.81. The smallest absolute Gasteiger partial charge is 0.287 e. The summed E-state index contributed by atoms with van der Waals surface area (Å²) in [4.78, 5) is 25.4. The molecule has 1 aliphatic carbocycles. The van der Waals surface area contributed by atoms with Crippen LogP contribution in [0.2, 0.25) is 0 Å². The van der Waals surface area contributed by atoms with Gasteiger partial charge in [0.2, 0.25) is 5.91 Å². The first-order valence-corrected chi connectivity index (χ1v) is 9.67. The number of hydrogen-bond donors (Lipinski definition) is 2. The zero-order chi connectivity index (χ0) is 16.9. The molecular formula is C17H19BrN2O3S. The number of nitrogens with one attached hydrogen (secondary N) is 2. The summed E-state index contributed by atoms with van der Waals surface area (Å²) in [7, 11) is 0. The first-order chi connectivity index (χ1) is 11.6. The Kier molecular flexibility index (Phi) is 5.73. The van der Waals surface area contributed by atoms with Gasteiger partial charge in [0.25, 0.3) is 5.91 Å². The van der Waals surface area contributed by atoms with E-state index in [2.05, 4.69) is 32.6 Å². The van der Waals surface area contributed by atoms with E-state index in [1.54, 1.807) is 23.5 Å². The van der Waals surface area contributed by atoms with Crippen LogP contribution in [0.5, 0.6) is 0 Å². The predicted molar refractivity (Wildman–Crippen MR) is 95.9 cm³/mol. The molecule has 7 heteroatoms. The zero-order valence-corrected chi connectivity index (χ0v) is 15.5. The van der Waals surface area contributed by atoms with Crippen molar-refractivity contribution in [3.05, 3.63) is 45.0 Å². The highest BCUT2D eigenvalue weighted by atomic mass is 79.9. The Bertz CT molecular complexity index is 693. The van der Waals surface area contributed by atoms with Crippen molar-refractivity contribution in [2.75, 3.05) is 6.54 Å². The number of furan rings is 1. The van der Waals surface area contributed by atoms with Crippen molar-refractivity contribution >= 4 is 39.1 Å². The average Bonchev–Trinajstić information content (AvgIpc) is 3.31. The molecule has 0 saturated heterocycles. The van der Waals surface area contributed by atoms with Gasteiger partial charge in [0, 0.05) is 4.88 Å². The van der Waals surface area contributed by atoms with Gasteiger partial charge in [0.05, 0.1) is 12.6 Å². The van der Waals surface area contributed by atoms with E-state index in [1.807, 2.05) is 11.4 Å². The number of halogens is 1. The van der Waals surface area contributed by atoms with Crippen molar-refractivity contribution < 1.29 is 14.0 Å². The lowest BCUT2D eigenvalue weighted by atomic mass is 9.96. The SMILES string of the molecule is O=C(CNC(=O)c1ccc(Br)o1)N[C@@H](c1cccs1)C1CCCC1. The summed E-state index contributed by atoms with van der Waals surface area (Å²) in [6, 6.07) is 7.30. The summed E-state index contributed by atoms with van der Waals surface area (Å²) < 4.78 is 5.66. The number of amides is 2. The third-order valence-electron chi connectivity index (χ3n) is 4.24. The van der Waals surface area contributed by atoms with Crippen LogP contribution in [0.15, 0.2) is 38.7 Å². The number of hydrogen-bond acceptors (Lipinski definition) is 4. The maximum Gasteiger partial charge on any atom is 0.287 e. The fraction of sp³-hybridized carbons (Fsp3) is 0.412. The van der Waals surface area contributed by atoms with Crippen LogP contribution < -0.4 is 10.6 Å². The largest absolute Gasteiger partial charge is 0.444 e. The minimum atomic E-state index is -0.399. The lowest BCUT2D eigenvalue weighted by Gasteiger charge is -2.23. The van der Waals surface area contributed by atoms with Crippen LogP contribution in [-0.2, 0) is 4.79 Å². The van der Waals surface area contributed by atoms with Crippen molar-refractivity contribution in [1.29, 1.82) is 0 Å². The number of thiophene rings is 1. The highest BCUT2D eigenvalue weighted by Gasteiger charge is 2.28. The van der Waals surface area contributed by atoms with Gasteiger partial charge in [-0.3, -0.25) is 9.59 Å². The minimum Gasteiger partial charge on any atom is -0.444 e. The van der Waals surface area contributed by atoms with Crippen LogP contribution in [0.25, 0.3) is 0 Å². The molecule has 128 valence electrons. The van der Waals surface area contributed by atoms with E-state index in [9.17, 15) is 9.59 Å². The fourth-order valence-electron chi connectivity index (χ4n) is 3.09. The molecular weight excluding hydrogens is 392 g/mol. The van der Waals surface area contributed by atoms with E-state index in [1.165, 1.54) is 17.7 Å². The number of carbonyl (C=O) groups excluding carboxylic acids is 2. The van der Waals surface area contributed by atoms with Gasteiger partial charge in [-0.25, -0.2) is 0 Å². The highest BCUT2D eigenvalue weighted by Crippen LogP contribution is 2.37. The fourth-order valence-corrected chi connectivity index (χ4v) is 4.26. The molecule has 3 rings (SSSR count). The Morgan fingerprint density at radius 1 is 1.29 bits per heavy atom. The first-order valence-electron chi connectivity index (χ1n) is 8.00. The van der Waals surface area contributed by atoms with E-state index in [-0.39, 0.29) is 24.3 Å². The van der Waals surface area contributed by atoms with E-state index in [0.29, 0.717) is 10.6 Å². The molecule has 2 N–H and O–H groups in total. The molecule has 1 saturated carbocycles. The molecule has 0 aromatic carbocycles. The summed E-state index contributed by atoms with van der Waals surface area (Å²) in [6.07, 6.45) is 4.70. The Balaban J connectivity index is 1.56. The van der Waals surface area contributed by atoms with E-state index in [4.69, 9.17) is 4.42 Å². The molecule has 0 unspecified atom stereocenters. The van der Waals surface area contributed by atoms with Gasteiger partial charge in [-0.1, -0.05) is 18.9 Å². The van der Waals surface area contributed by atoms with Crippen LogP contribution in [0.1, 0.15) is 47.2 Å². The first kappa shape index (κ1) is 17.2. The van der Waals surface area contributed by atoms with Gasteiger partial charge in [0.15, 0.2) is 10.4 Å². The predicted octanol–water partition coefficient (Wildman–Crippen LogP) is 3.88. The third kappa shape index (κ3) is 4.27. The van der Waals surface area contributed by atoms with E-state index < -0.39 is 5.91 Å². The van der Waals surface area contributed by atoms with Crippen LogP contribution in [0.4, 0.5) is 0 Å². The minimum absolute atomic E-state index is 0.0367. The molecule has 2 aromatic heterocycles. The Morgan fingerprint density at radius 2 is 2.08 bits per heavy atom. The number of carbonyl (C=O) groups is 2. The summed E-state index contributed by atoms with van der Waals surface area (Å²) in [6.45, 7) is -0.0637. The molecule has 2 amide bonds. The summed E-state index contributed by atoms with van der Waals surface area (Å²) in [5.41, 5.74) is 0. The van der Waals surface area contributed by atoms with Gasteiger partial charge < -0.3 is 15.1 Å². The monoisotopic (exact) mass is 410 g/mol. The van der Waals surface area contributed by atoms with Crippen LogP contribution in [0.3, 0.4) is 0 Å². The quantitative estimate of drug-likeness (QED) is 0.758. The lowest BCUT2D eigenvalue weighted by Crippen LogP contribution is -2.40. The van der Waals surface area contributed by atoms with Crippen molar-refractivity contribution in [2.45, 2.75) is 31.7 Å². The molecule has 0 radical (unpaired) electrons. The average molecular weight is 411 g/mol. The topological polar surface area (TPSA) is 71.3 Å². The Morgan fingerprint density at radius 3 is 2.71 bits per heavy atom. The van der Waals surface area contributed by atoms with Crippen molar-refractivity contribution in [3.8, 4) is 0 Å². The molecule has 0 spiro atoms. The number of rotatable bonds is 6. The van der Waals surface area contributed by atoms with Crippen molar-refractivity contribution in [1.82, 2.24) is 10.6 Å². The van der Waals surface area contributed by atoms with Gasteiger partial charge in [-0.2, -0.15) is 0 Å². The summed E-state index contributed by atoms with van der Waals surface area (Å²) in [5, 5.41) is 7.71. The van der Waals surface area contributed by atoms with E-state index >= 15 is 0 Å². The summed E-state index contributed by atoms with van der Waals surface area (Å²) in [5.74, 6) is 0.0771. The van der Waals surface area contributed by atoms with Crippen LogP contribution in [-0.4, -0.2) is 18.4 Å². The maximum absolute atomic E-state index is 12.3. The molecule has 1 aliphatic rings. The molecule has 1 atom stereocenters. The van der Waals surface area contributed by atoms with Gasteiger partial charge >= 0.3 is 0 Å².